The number of nitrogens with one attached hydrogen (secondary N) is 1. The van der Waals surface area contributed by atoms with Crippen LogP contribution >= 0.6 is 15.9 Å². The third-order valence-corrected chi connectivity index (χ3v) is 5.01. The number of hydrogen-bond acceptors (Lipinski definition) is 2. The molecule has 1 amide bonds. The number of rotatable bonds is 3. The van der Waals surface area contributed by atoms with Crippen molar-refractivity contribution in [2.24, 2.45) is 11.7 Å². The molecule has 0 bridgehead atoms. The second-order valence-corrected chi connectivity index (χ2v) is 7.86. The van der Waals surface area contributed by atoms with E-state index >= 15 is 0 Å². The molecule has 0 radical (unpaired) electrons. The lowest BCUT2D eigenvalue weighted by molar-refractivity contribution is -0.129. The number of carbonyl (C=O) groups excluding carboxylic acids is 1. The Morgan fingerprint density at radius 3 is 2.57 bits per heavy atom. The Bertz CT molecular complexity index is 512. The molecule has 116 valence electrons. The molecule has 1 saturated carbocycles. The van der Waals surface area contributed by atoms with Gasteiger partial charge in [0.05, 0.1) is 11.1 Å². The number of halogens is 1. The lowest BCUT2D eigenvalue weighted by Gasteiger charge is -2.38. The van der Waals surface area contributed by atoms with Crippen molar-refractivity contribution in [2.75, 3.05) is 0 Å². The van der Waals surface area contributed by atoms with E-state index in [9.17, 15) is 4.79 Å². The summed E-state index contributed by atoms with van der Waals surface area (Å²) in [6.07, 6.45) is 3.75. The molecule has 1 aliphatic carbocycles. The van der Waals surface area contributed by atoms with Crippen molar-refractivity contribution in [3.8, 4) is 0 Å². The van der Waals surface area contributed by atoms with Crippen LogP contribution in [0, 0.1) is 5.92 Å². The van der Waals surface area contributed by atoms with Crippen molar-refractivity contribution >= 4 is 21.8 Å². The molecule has 2 unspecified atom stereocenters. The summed E-state index contributed by atoms with van der Waals surface area (Å²) >= 11 is 3.43. The Hall–Kier alpha value is -0.870. The highest BCUT2D eigenvalue weighted by Crippen LogP contribution is 2.32. The Labute approximate surface area is 135 Å². The smallest absolute Gasteiger partial charge is 0.240 e. The second kappa shape index (κ2) is 6.09. The zero-order chi connectivity index (χ0) is 15.7. The second-order valence-electron chi connectivity index (χ2n) is 6.94. The first kappa shape index (κ1) is 16.5. The molecular weight excluding hydrogens is 328 g/mol. The van der Waals surface area contributed by atoms with Gasteiger partial charge in [0.1, 0.15) is 0 Å². The van der Waals surface area contributed by atoms with Crippen LogP contribution in [0.15, 0.2) is 28.7 Å². The third kappa shape index (κ3) is 3.86. The summed E-state index contributed by atoms with van der Waals surface area (Å²) in [6, 6.07) is 8.03. The van der Waals surface area contributed by atoms with Gasteiger partial charge in [0.15, 0.2) is 0 Å². The number of carbonyl (C=O) groups is 1. The van der Waals surface area contributed by atoms with Gasteiger partial charge in [-0.1, -0.05) is 47.8 Å². The topological polar surface area (TPSA) is 55.1 Å². The fourth-order valence-corrected chi connectivity index (χ4v) is 3.41. The summed E-state index contributed by atoms with van der Waals surface area (Å²) in [5.41, 5.74) is 6.31. The molecule has 2 rings (SSSR count). The fourth-order valence-electron chi connectivity index (χ4n) is 3.15. The van der Waals surface area contributed by atoms with Crippen molar-refractivity contribution in [2.45, 2.75) is 57.5 Å². The molecule has 0 saturated heterocycles. The molecule has 4 heteroatoms. The fraction of sp³-hybridized carbons (Fsp3) is 0.588. The van der Waals surface area contributed by atoms with Crippen LogP contribution in [0.3, 0.4) is 0 Å². The van der Waals surface area contributed by atoms with Crippen LogP contribution in [0.4, 0.5) is 0 Å². The normalized spacial score (nSPS) is 26.4. The lowest BCUT2D eigenvalue weighted by Crippen LogP contribution is -2.59. The maximum absolute atomic E-state index is 12.7. The Balaban J connectivity index is 2.12. The molecule has 3 N–H and O–H groups in total. The van der Waals surface area contributed by atoms with Crippen LogP contribution in [-0.2, 0) is 10.3 Å². The van der Waals surface area contributed by atoms with Gasteiger partial charge in [-0.05, 0) is 50.3 Å². The maximum atomic E-state index is 12.7. The van der Waals surface area contributed by atoms with Crippen LogP contribution in [-0.4, -0.2) is 11.4 Å². The van der Waals surface area contributed by atoms with Gasteiger partial charge in [-0.2, -0.15) is 0 Å². The molecule has 0 heterocycles. The van der Waals surface area contributed by atoms with Crippen LogP contribution in [0.1, 0.15) is 52.0 Å². The summed E-state index contributed by atoms with van der Waals surface area (Å²) in [7, 11) is 0. The number of benzene rings is 1. The molecule has 1 aromatic carbocycles. The van der Waals surface area contributed by atoms with E-state index in [2.05, 4.69) is 28.2 Å². The van der Waals surface area contributed by atoms with Gasteiger partial charge in [0.2, 0.25) is 5.91 Å². The van der Waals surface area contributed by atoms with E-state index in [1.165, 1.54) is 6.42 Å². The van der Waals surface area contributed by atoms with Crippen LogP contribution in [0.2, 0.25) is 0 Å². The van der Waals surface area contributed by atoms with E-state index in [1.807, 2.05) is 38.1 Å². The van der Waals surface area contributed by atoms with Gasteiger partial charge >= 0.3 is 0 Å². The first-order valence-electron chi connectivity index (χ1n) is 7.60. The largest absolute Gasteiger partial charge is 0.346 e. The summed E-state index contributed by atoms with van der Waals surface area (Å²) < 4.78 is 1.03. The molecule has 1 aliphatic rings. The summed E-state index contributed by atoms with van der Waals surface area (Å²) in [4.78, 5) is 12.7. The van der Waals surface area contributed by atoms with E-state index in [-0.39, 0.29) is 5.91 Å². The van der Waals surface area contributed by atoms with E-state index in [0.29, 0.717) is 5.92 Å². The van der Waals surface area contributed by atoms with Gasteiger partial charge in [0, 0.05) is 4.47 Å². The first-order valence-corrected chi connectivity index (χ1v) is 8.40. The van der Waals surface area contributed by atoms with Gasteiger partial charge < -0.3 is 11.1 Å². The predicted octanol–water partition coefficient (Wildman–Crippen LogP) is 3.71. The molecule has 21 heavy (non-hydrogen) atoms. The van der Waals surface area contributed by atoms with Crippen LogP contribution in [0.25, 0.3) is 0 Å². The van der Waals surface area contributed by atoms with Gasteiger partial charge in [-0.3, -0.25) is 4.79 Å². The van der Waals surface area contributed by atoms with E-state index in [1.54, 1.807) is 0 Å². The van der Waals surface area contributed by atoms with Crippen LogP contribution < -0.4 is 11.1 Å². The quantitative estimate of drug-likeness (QED) is 0.870. The molecule has 0 aromatic heterocycles. The minimum atomic E-state index is -0.718. The minimum absolute atomic E-state index is 0.0260. The van der Waals surface area contributed by atoms with Crippen molar-refractivity contribution < 1.29 is 4.79 Å². The maximum Gasteiger partial charge on any atom is 0.240 e. The Kier molecular flexibility index (Phi) is 4.79. The van der Waals surface area contributed by atoms with E-state index in [0.717, 1.165) is 29.3 Å². The third-order valence-electron chi connectivity index (χ3n) is 4.48. The number of nitrogens with two attached hydrogens (primary N) is 1. The average Bonchev–Trinajstić information content (AvgIpc) is 2.38. The van der Waals surface area contributed by atoms with Gasteiger partial charge in [-0.25, -0.2) is 0 Å². The van der Waals surface area contributed by atoms with Crippen molar-refractivity contribution in [3.05, 3.63) is 34.3 Å². The minimum Gasteiger partial charge on any atom is -0.346 e. The highest BCUT2D eigenvalue weighted by atomic mass is 79.9. The highest BCUT2D eigenvalue weighted by molar-refractivity contribution is 9.10. The monoisotopic (exact) mass is 352 g/mol. The molecular formula is C17H25BrN2O. The Morgan fingerprint density at radius 2 is 2.00 bits per heavy atom. The van der Waals surface area contributed by atoms with Crippen molar-refractivity contribution in [1.29, 1.82) is 0 Å². The Morgan fingerprint density at radius 1 is 1.38 bits per heavy atom. The first-order chi connectivity index (χ1) is 9.73. The average molecular weight is 353 g/mol. The molecule has 0 spiro atoms. The highest BCUT2D eigenvalue weighted by Gasteiger charge is 2.40. The molecule has 1 aromatic rings. The zero-order valence-electron chi connectivity index (χ0n) is 13.1. The SMILES string of the molecule is CC1CCCC(N)(C(=O)NC(C)(C)c2ccc(Br)cc2)C1. The van der Waals surface area contributed by atoms with E-state index in [4.69, 9.17) is 5.73 Å². The number of amides is 1. The van der Waals surface area contributed by atoms with Crippen LogP contribution in [0.5, 0.6) is 0 Å². The summed E-state index contributed by atoms with van der Waals surface area (Å²) in [6.45, 7) is 6.21. The van der Waals surface area contributed by atoms with Crippen molar-refractivity contribution in [3.63, 3.8) is 0 Å². The number of hydrogen-bond donors (Lipinski definition) is 2. The van der Waals surface area contributed by atoms with Gasteiger partial charge in [0.25, 0.3) is 0 Å². The zero-order valence-corrected chi connectivity index (χ0v) is 14.7. The van der Waals surface area contributed by atoms with E-state index < -0.39 is 11.1 Å². The van der Waals surface area contributed by atoms with Crippen molar-refractivity contribution in [1.82, 2.24) is 5.32 Å². The molecule has 2 atom stereocenters. The summed E-state index contributed by atoms with van der Waals surface area (Å²) in [5.74, 6) is 0.493. The lowest BCUT2D eigenvalue weighted by atomic mass is 9.76. The van der Waals surface area contributed by atoms with Gasteiger partial charge in [-0.15, -0.1) is 0 Å². The molecule has 1 fully saturated rings. The molecule has 3 nitrogen and oxygen atoms in total. The standard InChI is InChI=1S/C17H25BrN2O/c1-12-5-4-10-17(19,11-12)15(21)20-16(2,3)13-6-8-14(18)9-7-13/h6-9,12H,4-5,10-11,19H2,1-3H3,(H,20,21). The molecule has 0 aliphatic heterocycles. The summed E-state index contributed by atoms with van der Waals surface area (Å²) in [5, 5.41) is 3.14. The predicted molar refractivity (Wildman–Crippen MR) is 89.9 cm³/mol.